The fraction of sp³-hybridized carbons (Fsp3) is 0.400. The van der Waals surface area contributed by atoms with Crippen LogP contribution in [0.4, 0.5) is 4.39 Å². The minimum absolute atomic E-state index is 0. The molecule has 0 aromatic heterocycles. The standard InChI is InChI=1S/C10H14FNO2.ClH/c1-6-2-3-7(11)9(10(6)14)8(12)4-5-13;/h2-3,8,13-14H,4-5,12H2,1H3;1H/t8-;/m1./s1. The van der Waals surface area contributed by atoms with Crippen LogP contribution in [-0.2, 0) is 0 Å². The van der Waals surface area contributed by atoms with E-state index in [1.165, 1.54) is 12.1 Å². The van der Waals surface area contributed by atoms with Crippen molar-refractivity contribution in [2.45, 2.75) is 19.4 Å². The molecule has 1 rings (SSSR count). The average Bonchev–Trinajstić information content (AvgIpc) is 2.13. The van der Waals surface area contributed by atoms with Crippen LogP contribution in [0.2, 0.25) is 0 Å². The second-order valence-electron chi connectivity index (χ2n) is 3.25. The number of aliphatic hydroxyl groups is 1. The van der Waals surface area contributed by atoms with Crippen LogP contribution in [0.5, 0.6) is 5.75 Å². The Morgan fingerprint density at radius 2 is 2.07 bits per heavy atom. The van der Waals surface area contributed by atoms with E-state index >= 15 is 0 Å². The van der Waals surface area contributed by atoms with E-state index in [2.05, 4.69) is 0 Å². The predicted molar refractivity (Wildman–Crippen MR) is 58.7 cm³/mol. The Balaban J connectivity index is 0.00000196. The predicted octanol–water partition coefficient (Wildman–Crippen LogP) is 1.64. The molecule has 0 fully saturated rings. The third kappa shape index (κ3) is 3.06. The van der Waals surface area contributed by atoms with Gasteiger partial charge in [0.15, 0.2) is 0 Å². The molecule has 1 aromatic rings. The highest BCUT2D eigenvalue weighted by molar-refractivity contribution is 5.85. The molecule has 0 bridgehead atoms. The van der Waals surface area contributed by atoms with E-state index in [9.17, 15) is 9.50 Å². The first-order valence-corrected chi connectivity index (χ1v) is 4.42. The van der Waals surface area contributed by atoms with Crippen molar-refractivity contribution in [1.82, 2.24) is 0 Å². The summed E-state index contributed by atoms with van der Waals surface area (Å²) >= 11 is 0. The van der Waals surface area contributed by atoms with Crippen LogP contribution < -0.4 is 5.73 Å². The fourth-order valence-electron chi connectivity index (χ4n) is 1.33. The van der Waals surface area contributed by atoms with E-state index < -0.39 is 11.9 Å². The van der Waals surface area contributed by atoms with Crippen LogP contribution in [0.25, 0.3) is 0 Å². The molecular formula is C10H15ClFNO2. The Hall–Kier alpha value is -0.840. The van der Waals surface area contributed by atoms with Gasteiger partial charge in [0.05, 0.1) is 0 Å². The average molecular weight is 236 g/mol. The molecule has 0 heterocycles. The minimum atomic E-state index is -0.667. The third-order valence-electron chi connectivity index (χ3n) is 2.18. The van der Waals surface area contributed by atoms with Crippen LogP contribution in [0.1, 0.15) is 23.6 Å². The maximum Gasteiger partial charge on any atom is 0.131 e. The molecule has 0 spiro atoms. The molecular weight excluding hydrogens is 221 g/mol. The first-order chi connectivity index (χ1) is 6.57. The molecule has 15 heavy (non-hydrogen) atoms. The SMILES string of the molecule is Cc1ccc(F)c([C@H](N)CCO)c1O.Cl. The van der Waals surface area contributed by atoms with Crippen molar-refractivity contribution in [3.63, 3.8) is 0 Å². The molecule has 3 nitrogen and oxygen atoms in total. The molecule has 0 aliphatic rings. The van der Waals surface area contributed by atoms with Gasteiger partial charge >= 0.3 is 0 Å². The van der Waals surface area contributed by atoms with Crippen molar-refractivity contribution in [3.8, 4) is 5.75 Å². The smallest absolute Gasteiger partial charge is 0.131 e. The summed E-state index contributed by atoms with van der Waals surface area (Å²) in [5.74, 6) is -0.653. The molecule has 1 atom stereocenters. The third-order valence-corrected chi connectivity index (χ3v) is 2.18. The normalized spacial score (nSPS) is 12.0. The van der Waals surface area contributed by atoms with Gasteiger partial charge in [-0.05, 0) is 25.0 Å². The first-order valence-electron chi connectivity index (χ1n) is 4.42. The van der Waals surface area contributed by atoms with Gasteiger partial charge in [-0.3, -0.25) is 0 Å². The molecule has 0 unspecified atom stereocenters. The molecule has 5 heteroatoms. The molecule has 0 amide bonds. The summed E-state index contributed by atoms with van der Waals surface area (Å²) in [7, 11) is 0. The number of benzene rings is 1. The largest absolute Gasteiger partial charge is 0.507 e. The van der Waals surface area contributed by atoms with Crippen molar-refractivity contribution in [2.75, 3.05) is 6.61 Å². The fourth-order valence-corrected chi connectivity index (χ4v) is 1.33. The van der Waals surface area contributed by atoms with Crippen molar-refractivity contribution < 1.29 is 14.6 Å². The summed E-state index contributed by atoms with van der Waals surface area (Å²) in [5, 5.41) is 18.2. The van der Waals surface area contributed by atoms with Gasteiger partial charge in [-0.25, -0.2) is 4.39 Å². The molecule has 0 saturated heterocycles. The number of hydrogen-bond acceptors (Lipinski definition) is 3. The monoisotopic (exact) mass is 235 g/mol. The summed E-state index contributed by atoms with van der Waals surface area (Å²) in [5.41, 5.74) is 6.28. The summed E-state index contributed by atoms with van der Waals surface area (Å²) in [6.45, 7) is 1.54. The lowest BCUT2D eigenvalue weighted by molar-refractivity contribution is 0.274. The number of hydrogen-bond donors (Lipinski definition) is 3. The number of aryl methyl sites for hydroxylation is 1. The van der Waals surface area contributed by atoms with E-state index in [1.807, 2.05) is 0 Å². The zero-order chi connectivity index (χ0) is 10.7. The highest BCUT2D eigenvalue weighted by Crippen LogP contribution is 2.30. The van der Waals surface area contributed by atoms with E-state index in [0.717, 1.165) is 0 Å². The van der Waals surface area contributed by atoms with Gasteiger partial charge in [-0.1, -0.05) is 6.07 Å². The maximum atomic E-state index is 13.3. The van der Waals surface area contributed by atoms with Gasteiger partial charge in [0.2, 0.25) is 0 Å². The van der Waals surface area contributed by atoms with Gasteiger partial charge in [0.1, 0.15) is 11.6 Å². The lowest BCUT2D eigenvalue weighted by Gasteiger charge is -2.14. The van der Waals surface area contributed by atoms with Crippen molar-refractivity contribution in [3.05, 3.63) is 29.1 Å². The quantitative estimate of drug-likeness (QED) is 0.746. The zero-order valence-corrected chi connectivity index (χ0v) is 9.22. The summed E-state index contributed by atoms with van der Waals surface area (Å²) in [6, 6.07) is 2.08. The lowest BCUT2D eigenvalue weighted by atomic mass is 10.0. The van der Waals surface area contributed by atoms with Gasteiger partial charge in [0.25, 0.3) is 0 Å². The molecule has 0 aliphatic carbocycles. The van der Waals surface area contributed by atoms with Gasteiger partial charge < -0.3 is 15.9 Å². The number of halogens is 2. The highest BCUT2D eigenvalue weighted by atomic mass is 35.5. The Bertz CT molecular complexity index is 333. The van der Waals surface area contributed by atoms with Crippen molar-refractivity contribution >= 4 is 12.4 Å². The first kappa shape index (κ1) is 14.2. The van der Waals surface area contributed by atoms with Crippen LogP contribution in [-0.4, -0.2) is 16.8 Å². The van der Waals surface area contributed by atoms with E-state index in [1.54, 1.807) is 6.92 Å². The van der Waals surface area contributed by atoms with Gasteiger partial charge in [0, 0.05) is 18.2 Å². The van der Waals surface area contributed by atoms with Gasteiger partial charge in [-0.15, -0.1) is 12.4 Å². The van der Waals surface area contributed by atoms with E-state index in [-0.39, 0.29) is 36.7 Å². The molecule has 4 N–H and O–H groups in total. The molecule has 0 radical (unpaired) electrons. The van der Waals surface area contributed by atoms with E-state index in [0.29, 0.717) is 5.56 Å². The Kier molecular flexibility index (Phi) is 5.57. The number of aliphatic hydroxyl groups excluding tert-OH is 1. The number of phenols is 1. The second kappa shape index (κ2) is 5.90. The Morgan fingerprint density at radius 3 is 2.60 bits per heavy atom. The minimum Gasteiger partial charge on any atom is -0.507 e. The maximum absolute atomic E-state index is 13.3. The number of aromatic hydroxyl groups is 1. The van der Waals surface area contributed by atoms with Crippen molar-refractivity contribution in [2.24, 2.45) is 5.73 Å². The summed E-state index contributed by atoms with van der Waals surface area (Å²) in [6.07, 6.45) is 0.230. The molecule has 1 aromatic carbocycles. The molecule has 0 aliphatic heterocycles. The number of nitrogens with two attached hydrogens (primary N) is 1. The second-order valence-corrected chi connectivity index (χ2v) is 3.25. The summed E-state index contributed by atoms with van der Waals surface area (Å²) < 4.78 is 13.3. The molecule has 0 saturated carbocycles. The van der Waals surface area contributed by atoms with Gasteiger partial charge in [-0.2, -0.15) is 0 Å². The highest BCUT2D eigenvalue weighted by Gasteiger charge is 2.16. The Labute approximate surface area is 94.1 Å². The van der Waals surface area contributed by atoms with E-state index in [4.69, 9.17) is 10.8 Å². The Morgan fingerprint density at radius 1 is 1.47 bits per heavy atom. The lowest BCUT2D eigenvalue weighted by Crippen LogP contribution is -2.14. The molecule has 86 valence electrons. The summed E-state index contributed by atoms with van der Waals surface area (Å²) in [4.78, 5) is 0. The topological polar surface area (TPSA) is 66.5 Å². The number of rotatable bonds is 3. The van der Waals surface area contributed by atoms with Crippen LogP contribution in [0.3, 0.4) is 0 Å². The zero-order valence-electron chi connectivity index (χ0n) is 8.40. The van der Waals surface area contributed by atoms with Crippen LogP contribution in [0.15, 0.2) is 12.1 Å². The number of phenolic OH excluding ortho intramolecular Hbond substituents is 1. The van der Waals surface area contributed by atoms with Crippen LogP contribution >= 0.6 is 12.4 Å². The van der Waals surface area contributed by atoms with Crippen molar-refractivity contribution in [1.29, 1.82) is 0 Å². The van der Waals surface area contributed by atoms with Crippen LogP contribution in [0, 0.1) is 12.7 Å².